The molecule has 0 unspecified atom stereocenters. The summed E-state index contributed by atoms with van der Waals surface area (Å²) in [5, 5.41) is 12.9. The molecule has 3 N–H and O–H groups in total. The van der Waals surface area contributed by atoms with Crippen molar-refractivity contribution in [2.75, 3.05) is 5.32 Å². The van der Waals surface area contributed by atoms with E-state index in [0.717, 1.165) is 62.3 Å². The van der Waals surface area contributed by atoms with Crippen LogP contribution in [-0.4, -0.2) is 30.1 Å². The zero-order valence-electron chi connectivity index (χ0n) is 15.9. The Morgan fingerprint density at radius 3 is 2.86 bits per heavy atom. The Bertz CT molecular complexity index is 1310. The van der Waals surface area contributed by atoms with Gasteiger partial charge in [-0.2, -0.15) is 5.10 Å². The second-order valence-electron chi connectivity index (χ2n) is 6.88. The van der Waals surface area contributed by atoms with Crippen molar-refractivity contribution < 1.29 is 0 Å². The van der Waals surface area contributed by atoms with Gasteiger partial charge in [0.2, 0.25) is 0 Å². The summed E-state index contributed by atoms with van der Waals surface area (Å²) >= 11 is 0. The molecule has 0 radical (unpaired) electrons. The van der Waals surface area contributed by atoms with Gasteiger partial charge in [0.15, 0.2) is 0 Å². The molecule has 5 aromatic heterocycles. The summed E-state index contributed by atoms with van der Waals surface area (Å²) in [5.41, 5.74) is 7.28. The molecule has 5 aromatic rings. The van der Waals surface area contributed by atoms with Crippen molar-refractivity contribution in [2.24, 2.45) is 0 Å². The molecule has 0 spiro atoms. The largest absolute Gasteiger partial charge is 0.358 e. The minimum absolute atomic E-state index is 0.830. The van der Waals surface area contributed by atoms with Crippen LogP contribution in [0.15, 0.2) is 67.5 Å². The Hall–Kier alpha value is -4.00. The fraction of sp³-hybridized carbons (Fsp3) is 0.0909. The van der Waals surface area contributed by atoms with Crippen molar-refractivity contribution in [3.05, 3.63) is 67.5 Å². The van der Waals surface area contributed by atoms with Gasteiger partial charge in [-0.05, 0) is 30.7 Å². The Kier molecular flexibility index (Phi) is 4.05. The Morgan fingerprint density at radius 2 is 2.00 bits per heavy atom. The number of fused-ring (bicyclic) bond motifs is 2. The maximum atomic E-state index is 4.59. The summed E-state index contributed by atoms with van der Waals surface area (Å²) in [5.74, 6) is 0. The standard InChI is InChI=1S/C22H19N7/c1-3-13(2)26-16-6-14(10-24-11-16)19-8-17-21(12-25-19)28-29-22(17)20-7-15-9-23-5-4-18(15)27-20/h4-12,26-27H,2-3H2,1H3,(H,28,29). The first-order valence-electron chi connectivity index (χ1n) is 9.38. The van der Waals surface area contributed by atoms with Crippen LogP contribution >= 0.6 is 0 Å². The molecule has 0 saturated heterocycles. The van der Waals surface area contributed by atoms with Crippen LogP contribution in [0, 0.1) is 0 Å². The van der Waals surface area contributed by atoms with E-state index in [0.29, 0.717) is 0 Å². The number of aromatic nitrogens is 6. The third-order valence-corrected chi connectivity index (χ3v) is 4.91. The number of allylic oxidation sites excluding steroid dienone is 1. The minimum atomic E-state index is 0.830. The van der Waals surface area contributed by atoms with E-state index in [1.165, 1.54) is 0 Å². The van der Waals surface area contributed by atoms with Crippen molar-refractivity contribution in [1.29, 1.82) is 0 Å². The molecule has 5 heterocycles. The topological polar surface area (TPSA) is 95.2 Å². The third-order valence-electron chi connectivity index (χ3n) is 4.91. The summed E-state index contributed by atoms with van der Waals surface area (Å²) in [6.07, 6.45) is 9.86. The van der Waals surface area contributed by atoms with E-state index < -0.39 is 0 Å². The normalized spacial score (nSPS) is 11.2. The number of nitrogens with one attached hydrogen (secondary N) is 3. The molecular weight excluding hydrogens is 362 g/mol. The molecule has 0 aromatic carbocycles. The maximum absolute atomic E-state index is 4.59. The first kappa shape index (κ1) is 17.1. The van der Waals surface area contributed by atoms with Crippen molar-refractivity contribution in [3.8, 4) is 22.6 Å². The molecular formula is C22H19N7. The lowest BCUT2D eigenvalue weighted by Gasteiger charge is -2.08. The van der Waals surface area contributed by atoms with E-state index in [1.807, 2.05) is 30.6 Å². The average Bonchev–Trinajstić information content (AvgIpc) is 3.37. The smallest absolute Gasteiger partial charge is 0.116 e. The highest BCUT2D eigenvalue weighted by molar-refractivity contribution is 5.96. The predicted molar refractivity (Wildman–Crippen MR) is 115 cm³/mol. The Labute approximate surface area is 166 Å². The van der Waals surface area contributed by atoms with Crippen LogP contribution in [0.4, 0.5) is 5.69 Å². The minimum Gasteiger partial charge on any atom is -0.358 e. The number of aromatic amines is 2. The van der Waals surface area contributed by atoms with Crippen molar-refractivity contribution >= 4 is 27.5 Å². The average molecular weight is 381 g/mol. The zero-order chi connectivity index (χ0) is 19.8. The van der Waals surface area contributed by atoms with Gasteiger partial charge in [0.05, 0.1) is 35.0 Å². The van der Waals surface area contributed by atoms with Gasteiger partial charge in [0.25, 0.3) is 0 Å². The first-order chi connectivity index (χ1) is 14.2. The monoisotopic (exact) mass is 381 g/mol. The number of H-pyrrole nitrogens is 2. The van der Waals surface area contributed by atoms with Gasteiger partial charge in [-0.3, -0.25) is 20.1 Å². The van der Waals surface area contributed by atoms with E-state index in [1.54, 1.807) is 18.6 Å². The van der Waals surface area contributed by atoms with E-state index in [-0.39, 0.29) is 0 Å². The van der Waals surface area contributed by atoms with Crippen LogP contribution in [0.1, 0.15) is 13.3 Å². The number of nitrogens with zero attached hydrogens (tertiary/aromatic N) is 4. The molecule has 0 aliphatic heterocycles. The van der Waals surface area contributed by atoms with E-state index >= 15 is 0 Å². The van der Waals surface area contributed by atoms with Crippen LogP contribution in [0.5, 0.6) is 0 Å². The van der Waals surface area contributed by atoms with Gasteiger partial charge in [-0.1, -0.05) is 13.5 Å². The molecule has 0 fully saturated rings. The summed E-state index contributed by atoms with van der Waals surface area (Å²) < 4.78 is 0. The first-order valence-corrected chi connectivity index (χ1v) is 9.38. The lowest BCUT2D eigenvalue weighted by atomic mass is 10.1. The fourth-order valence-corrected chi connectivity index (χ4v) is 3.32. The lowest BCUT2D eigenvalue weighted by Crippen LogP contribution is -1.97. The van der Waals surface area contributed by atoms with Crippen molar-refractivity contribution in [1.82, 2.24) is 30.1 Å². The van der Waals surface area contributed by atoms with Gasteiger partial charge in [0.1, 0.15) is 5.69 Å². The summed E-state index contributed by atoms with van der Waals surface area (Å²) in [6.45, 7) is 6.05. The van der Waals surface area contributed by atoms with Gasteiger partial charge in [0, 0.05) is 46.1 Å². The van der Waals surface area contributed by atoms with Gasteiger partial charge in [-0.15, -0.1) is 0 Å². The van der Waals surface area contributed by atoms with Crippen LogP contribution < -0.4 is 5.32 Å². The number of hydrogen-bond donors (Lipinski definition) is 3. The van der Waals surface area contributed by atoms with Crippen LogP contribution in [-0.2, 0) is 0 Å². The number of pyridine rings is 3. The highest BCUT2D eigenvalue weighted by Gasteiger charge is 2.13. The fourth-order valence-electron chi connectivity index (χ4n) is 3.32. The molecule has 0 bridgehead atoms. The summed E-state index contributed by atoms with van der Waals surface area (Å²) in [4.78, 5) is 16.5. The number of hydrogen-bond acceptors (Lipinski definition) is 5. The maximum Gasteiger partial charge on any atom is 0.116 e. The summed E-state index contributed by atoms with van der Waals surface area (Å²) in [7, 11) is 0. The van der Waals surface area contributed by atoms with E-state index in [2.05, 4.69) is 55.0 Å². The van der Waals surface area contributed by atoms with E-state index in [9.17, 15) is 0 Å². The Morgan fingerprint density at radius 1 is 1.07 bits per heavy atom. The molecule has 142 valence electrons. The van der Waals surface area contributed by atoms with Gasteiger partial charge >= 0.3 is 0 Å². The molecule has 0 amide bonds. The molecule has 0 atom stereocenters. The Balaban J connectivity index is 1.58. The van der Waals surface area contributed by atoms with Crippen LogP contribution in [0.3, 0.4) is 0 Å². The quantitative estimate of drug-likeness (QED) is 0.402. The van der Waals surface area contributed by atoms with Crippen molar-refractivity contribution in [2.45, 2.75) is 13.3 Å². The second kappa shape index (κ2) is 6.87. The molecule has 7 heteroatoms. The molecule has 0 saturated carbocycles. The highest BCUT2D eigenvalue weighted by atomic mass is 15.1. The third kappa shape index (κ3) is 3.12. The van der Waals surface area contributed by atoms with Crippen LogP contribution in [0.2, 0.25) is 0 Å². The van der Waals surface area contributed by atoms with Crippen molar-refractivity contribution in [3.63, 3.8) is 0 Å². The lowest BCUT2D eigenvalue weighted by molar-refractivity contribution is 1.11. The van der Waals surface area contributed by atoms with Crippen LogP contribution in [0.25, 0.3) is 44.5 Å². The van der Waals surface area contributed by atoms with Gasteiger partial charge < -0.3 is 10.3 Å². The number of anilines is 1. The summed E-state index contributed by atoms with van der Waals surface area (Å²) in [6, 6.07) is 8.07. The predicted octanol–water partition coefficient (Wildman–Crippen LogP) is 4.90. The molecule has 0 aliphatic rings. The second-order valence-corrected chi connectivity index (χ2v) is 6.88. The SMILES string of the molecule is C=C(CC)Nc1cncc(-c2cc3c(-c4cc5cnccc5[nH]4)n[nH]c3cn2)c1. The zero-order valence-corrected chi connectivity index (χ0v) is 15.9. The number of rotatable bonds is 5. The molecule has 7 nitrogen and oxygen atoms in total. The van der Waals surface area contributed by atoms with Gasteiger partial charge in [-0.25, -0.2) is 0 Å². The van der Waals surface area contributed by atoms with E-state index in [4.69, 9.17) is 0 Å². The molecule has 0 aliphatic carbocycles. The molecule has 5 rings (SSSR count). The highest BCUT2D eigenvalue weighted by Crippen LogP contribution is 2.30. The molecule has 29 heavy (non-hydrogen) atoms.